The van der Waals surface area contributed by atoms with E-state index in [1.807, 2.05) is 30.3 Å². The van der Waals surface area contributed by atoms with Gasteiger partial charge in [0.25, 0.3) is 0 Å². The van der Waals surface area contributed by atoms with Crippen molar-refractivity contribution < 1.29 is 22.7 Å². The molecule has 144 valence electrons. The second kappa shape index (κ2) is 7.87. The van der Waals surface area contributed by atoms with Gasteiger partial charge in [-0.15, -0.1) is 0 Å². The SMILES string of the molecule is C[C@H](C(=O)NCc1ccccc1)N(c1ccc2c(c1)OCCO2)S(C)(=O)=O. The second-order valence-corrected chi connectivity index (χ2v) is 8.13. The lowest BCUT2D eigenvalue weighted by Crippen LogP contribution is -2.47. The summed E-state index contributed by atoms with van der Waals surface area (Å²) in [5.74, 6) is 0.628. The minimum atomic E-state index is -3.70. The summed E-state index contributed by atoms with van der Waals surface area (Å²) in [4.78, 5) is 12.6. The predicted octanol–water partition coefficient (Wildman–Crippen LogP) is 1.93. The van der Waals surface area contributed by atoms with Gasteiger partial charge in [-0.25, -0.2) is 8.42 Å². The number of hydrogen-bond donors (Lipinski definition) is 1. The van der Waals surface area contributed by atoms with Crippen LogP contribution in [0.2, 0.25) is 0 Å². The number of amides is 1. The Bertz CT molecular complexity index is 915. The number of hydrogen-bond acceptors (Lipinski definition) is 5. The Hall–Kier alpha value is -2.74. The third-order valence-electron chi connectivity index (χ3n) is 4.18. The first kappa shape index (κ1) is 19.0. The number of carbonyl (C=O) groups is 1. The highest BCUT2D eigenvalue weighted by molar-refractivity contribution is 7.92. The normalized spacial score (nSPS) is 14.3. The van der Waals surface area contributed by atoms with Crippen molar-refractivity contribution in [1.29, 1.82) is 0 Å². The molecule has 0 spiro atoms. The van der Waals surface area contributed by atoms with E-state index in [2.05, 4.69) is 5.32 Å². The van der Waals surface area contributed by atoms with Crippen LogP contribution in [0.1, 0.15) is 12.5 Å². The molecule has 1 aliphatic rings. The largest absolute Gasteiger partial charge is 0.486 e. The van der Waals surface area contributed by atoms with Crippen molar-refractivity contribution in [3.05, 3.63) is 54.1 Å². The molecule has 1 heterocycles. The molecule has 0 radical (unpaired) electrons. The summed E-state index contributed by atoms with van der Waals surface area (Å²) in [7, 11) is -3.70. The summed E-state index contributed by atoms with van der Waals surface area (Å²) in [6.07, 6.45) is 1.07. The van der Waals surface area contributed by atoms with Crippen LogP contribution in [0.5, 0.6) is 11.5 Å². The second-order valence-electron chi connectivity index (χ2n) is 6.27. The maximum atomic E-state index is 12.6. The van der Waals surface area contributed by atoms with Crippen LogP contribution >= 0.6 is 0 Å². The van der Waals surface area contributed by atoms with Gasteiger partial charge in [0.2, 0.25) is 15.9 Å². The molecule has 1 N–H and O–H groups in total. The Morgan fingerprint density at radius 3 is 2.44 bits per heavy atom. The zero-order chi connectivity index (χ0) is 19.4. The third kappa shape index (κ3) is 4.51. The molecular formula is C19H22N2O5S. The van der Waals surface area contributed by atoms with E-state index in [9.17, 15) is 13.2 Å². The van der Waals surface area contributed by atoms with Gasteiger partial charge < -0.3 is 14.8 Å². The van der Waals surface area contributed by atoms with E-state index < -0.39 is 16.1 Å². The van der Waals surface area contributed by atoms with E-state index in [0.29, 0.717) is 36.9 Å². The lowest BCUT2D eigenvalue weighted by molar-refractivity contribution is -0.122. The van der Waals surface area contributed by atoms with Crippen molar-refractivity contribution in [2.75, 3.05) is 23.8 Å². The quantitative estimate of drug-likeness (QED) is 0.815. The number of nitrogens with zero attached hydrogens (tertiary/aromatic N) is 1. The van der Waals surface area contributed by atoms with Crippen LogP contribution in [0.15, 0.2) is 48.5 Å². The van der Waals surface area contributed by atoms with Crippen LogP contribution in [0.4, 0.5) is 5.69 Å². The summed E-state index contributed by atoms with van der Waals surface area (Å²) >= 11 is 0. The molecule has 0 saturated carbocycles. The third-order valence-corrected chi connectivity index (χ3v) is 5.42. The van der Waals surface area contributed by atoms with Gasteiger partial charge in [0.1, 0.15) is 19.3 Å². The summed E-state index contributed by atoms with van der Waals surface area (Å²) in [5.41, 5.74) is 1.28. The van der Waals surface area contributed by atoms with Crippen molar-refractivity contribution in [3.63, 3.8) is 0 Å². The first-order valence-electron chi connectivity index (χ1n) is 8.57. The van der Waals surface area contributed by atoms with Gasteiger partial charge in [-0.3, -0.25) is 9.10 Å². The van der Waals surface area contributed by atoms with Gasteiger partial charge in [-0.2, -0.15) is 0 Å². The highest BCUT2D eigenvalue weighted by atomic mass is 32.2. The van der Waals surface area contributed by atoms with E-state index in [0.717, 1.165) is 16.1 Å². The molecule has 0 aliphatic carbocycles. The molecule has 1 aliphatic heterocycles. The highest BCUT2D eigenvalue weighted by Gasteiger charge is 2.30. The number of rotatable bonds is 6. The summed E-state index contributed by atoms with van der Waals surface area (Å²) < 4.78 is 36.9. The zero-order valence-corrected chi connectivity index (χ0v) is 16.0. The van der Waals surface area contributed by atoms with Crippen molar-refractivity contribution in [3.8, 4) is 11.5 Å². The zero-order valence-electron chi connectivity index (χ0n) is 15.2. The van der Waals surface area contributed by atoms with Gasteiger partial charge in [0.15, 0.2) is 11.5 Å². The smallest absolute Gasteiger partial charge is 0.243 e. The summed E-state index contributed by atoms with van der Waals surface area (Å²) in [6.45, 7) is 2.71. The van der Waals surface area contributed by atoms with Gasteiger partial charge in [-0.1, -0.05) is 30.3 Å². The van der Waals surface area contributed by atoms with Gasteiger partial charge in [-0.05, 0) is 24.6 Å². The molecule has 0 unspecified atom stereocenters. The van der Waals surface area contributed by atoms with Crippen LogP contribution < -0.4 is 19.1 Å². The van der Waals surface area contributed by atoms with E-state index >= 15 is 0 Å². The Morgan fingerprint density at radius 1 is 1.11 bits per heavy atom. The van der Waals surface area contributed by atoms with Gasteiger partial charge in [0.05, 0.1) is 11.9 Å². The van der Waals surface area contributed by atoms with Crippen LogP contribution in [-0.2, 0) is 21.4 Å². The summed E-state index contributed by atoms with van der Waals surface area (Å²) in [6, 6.07) is 13.3. The lowest BCUT2D eigenvalue weighted by Gasteiger charge is -2.29. The number of ether oxygens (including phenoxy) is 2. The molecule has 3 rings (SSSR count). The average molecular weight is 390 g/mol. The van der Waals surface area contributed by atoms with Crippen LogP contribution in [0.25, 0.3) is 0 Å². The Kier molecular flexibility index (Phi) is 5.55. The number of anilines is 1. The lowest BCUT2D eigenvalue weighted by atomic mass is 10.2. The molecule has 2 aromatic rings. The van der Waals surface area contributed by atoms with Crippen molar-refractivity contribution in [2.24, 2.45) is 0 Å². The Morgan fingerprint density at radius 2 is 1.78 bits per heavy atom. The van der Waals surface area contributed by atoms with Crippen LogP contribution in [0, 0.1) is 0 Å². The fourth-order valence-corrected chi connectivity index (χ4v) is 4.08. The number of sulfonamides is 1. The molecule has 0 fully saturated rings. The number of fused-ring (bicyclic) bond motifs is 1. The van der Waals surface area contributed by atoms with Crippen LogP contribution in [0.3, 0.4) is 0 Å². The van der Waals surface area contributed by atoms with E-state index in [1.54, 1.807) is 25.1 Å². The molecule has 8 heteroatoms. The van der Waals surface area contributed by atoms with E-state index in [4.69, 9.17) is 9.47 Å². The number of carbonyl (C=O) groups excluding carboxylic acids is 1. The van der Waals surface area contributed by atoms with Crippen molar-refractivity contribution in [2.45, 2.75) is 19.5 Å². The molecular weight excluding hydrogens is 368 g/mol. The molecule has 0 aromatic heterocycles. The molecule has 1 atom stereocenters. The topological polar surface area (TPSA) is 84.9 Å². The minimum absolute atomic E-state index is 0.322. The number of benzene rings is 2. The Labute approximate surface area is 158 Å². The first-order chi connectivity index (χ1) is 12.9. The molecule has 0 saturated heterocycles. The fourth-order valence-electron chi connectivity index (χ4n) is 2.91. The maximum absolute atomic E-state index is 12.6. The van der Waals surface area contributed by atoms with Crippen molar-refractivity contribution in [1.82, 2.24) is 5.32 Å². The van der Waals surface area contributed by atoms with Crippen LogP contribution in [-0.4, -0.2) is 39.8 Å². The molecule has 2 aromatic carbocycles. The standard InChI is InChI=1S/C19H22N2O5S/c1-14(19(22)20-13-15-6-4-3-5-7-15)21(27(2,23)24)16-8-9-17-18(12-16)26-11-10-25-17/h3-9,12,14H,10-11,13H2,1-2H3,(H,20,22)/t14-/m1/s1. The van der Waals surface area contributed by atoms with E-state index in [1.165, 1.54) is 0 Å². The summed E-state index contributed by atoms with van der Waals surface area (Å²) in [5, 5.41) is 2.78. The van der Waals surface area contributed by atoms with Gasteiger partial charge in [0, 0.05) is 12.6 Å². The van der Waals surface area contributed by atoms with Crippen molar-refractivity contribution >= 4 is 21.6 Å². The molecule has 27 heavy (non-hydrogen) atoms. The molecule has 0 bridgehead atoms. The van der Waals surface area contributed by atoms with E-state index in [-0.39, 0.29) is 5.91 Å². The fraction of sp³-hybridized carbons (Fsp3) is 0.316. The number of nitrogens with one attached hydrogen (secondary N) is 1. The minimum Gasteiger partial charge on any atom is -0.486 e. The maximum Gasteiger partial charge on any atom is 0.243 e. The Balaban J connectivity index is 1.81. The molecule has 7 nitrogen and oxygen atoms in total. The first-order valence-corrected chi connectivity index (χ1v) is 10.4. The molecule has 1 amide bonds. The monoisotopic (exact) mass is 390 g/mol. The van der Waals surface area contributed by atoms with Gasteiger partial charge >= 0.3 is 0 Å². The average Bonchev–Trinajstić information content (AvgIpc) is 2.65. The highest BCUT2D eigenvalue weighted by Crippen LogP contribution is 2.35. The predicted molar refractivity (Wildman–Crippen MR) is 103 cm³/mol.